The fourth-order valence-corrected chi connectivity index (χ4v) is 3.67. The van der Waals surface area contributed by atoms with Crippen molar-refractivity contribution in [2.45, 2.75) is 43.8 Å². The molecule has 0 bridgehead atoms. The zero-order chi connectivity index (χ0) is 19.8. The van der Waals surface area contributed by atoms with Gasteiger partial charge in [-0.05, 0) is 47.7 Å². The topological polar surface area (TPSA) is 56.0 Å². The Morgan fingerprint density at radius 1 is 1.22 bits per heavy atom. The van der Waals surface area contributed by atoms with Crippen molar-refractivity contribution >= 4 is 22.7 Å². The minimum atomic E-state index is -4.53. The highest BCUT2D eigenvalue weighted by molar-refractivity contribution is 7.98. The second-order valence-corrected chi connectivity index (χ2v) is 7.40. The molecular weight excluding hydrogens is 377 g/mol. The first-order chi connectivity index (χ1) is 12.6. The summed E-state index contributed by atoms with van der Waals surface area (Å²) >= 11 is 1.04. The van der Waals surface area contributed by atoms with E-state index in [-0.39, 0.29) is 16.8 Å². The van der Waals surface area contributed by atoms with E-state index < -0.39 is 17.5 Å². The Labute approximate surface area is 157 Å². The molecule has 0 saturated carbocycles. The van der Waals surface area contributed by atoms with E-state index in [2.05, 4.69) is 23.8 Å². The summed E-state index contributed by atoms with van der Waals surface area (Å²) in [5, 5.41) is 0.769. The van der Waals surface area contributed by atoms with Crippen molar-refractivity contribution < 1.29 is 17.6 Å². The van der Waals surface area contributed by atoms with Crippen molar-refractivity contribution in [3.05, 3.63) is 63.3 Å². The Bertz CT molecular complexity index is 1050. The van der Waals surface area contributed by atoms with Gasteiger partial charge in [0, 0.05) is 23.4 Å². The molecule has 0 unspecified atom stereocenters. The lowest BCUT2D eigenvalue weighted by Gasteiger charge is -2.13. The Hall–Kier alpha value is -2.35. The molecule has 3 rings (SSSR count). The van der Waals surface area contributed by atoms with Crippen molar-refractivity contribution in [2.75, 3.05) is 0 Å². The van der Waals surface area contributed by atoms with Gasteiger partial charge in [-0.1, -0.05) is 25.6 Å². The Morgan fingerprint density at radius 3 is 2.63 bits per heavy atom. The summed E-state index contributed by atoms with van der Waals surface area (Å²) in [6.45, 7) is 6.09. The number of hydrogen-bond acceptors (Lipinski definition) is 5. The van der Waals surface area contributed by atoms with Gasteiger partial charge in [0.05, 0.1) is 0 Å². The molecule has 0 spiro atoms. The van der Waals surface area contributed by atoms with Gasteiger partial charge in [-0.15, -0.1) is 0 Å². The molecule has 0 atom stereocenters. The van der Waals surface area contributed by atoms with Crippen LogP contribution in [-0.4, -0.2) is 9.97 Å². The molecule has 0 aliphatic carbocycles. The van der Waals surface area contributed by atoms with Gasteiger partial charge in [0.25, 0.3) is 0 Å². The molecule has 2 heterocycles. The molecule has 0 aliphatic rings. The van der Waals surface area contributed by atoms with Crippen LogP contribution in [0.3, 0.4) is 0 Å². The highest BCUT2D eigenvalue weighted by Crippen LogP contribution is 2.31. The summed E-state index contributed by atoms with van der Waals surface area (Å²) in [6, 6.07) is 5.98. The number of thioether (sulfide) groups is 1. The standard InChI is InChI=1S/C19H17F3N2O2S/c1-10(2)13-8-14-12(7-17(25)26-15(14)6-11(13)3)9-27-18-23-5-4-16(24-18)19(20,21)22/h4-8,10H,9H2,1-3H3. The van der Waals surface area contributed by atoms with Crippen LogP contribution in [0.2, 0.25) is 0 Å². The average molecular weight is 394 g/mol. The number of alkyl halides is 3. The fraction of sp³-hybridized carbons (Fsp3) is 0.316. The zero-order valence-electron chi connectivity index (χ0n) is 14.9. The average Bonchev–Trinajstić information content (AvgIpc) is 2.58. The maximum Gasteiger partial charge on any atom is 0.433 e. The van der Waals surface area contributed by atoms with E-state index >= 15 is 0 Å². The lowest BCUT2D eigenvalue weighted by molar-refractivity contribution is -0.141. The van der Waals surface area contributed by atoms with Gasteiger partial charge >= 0.3 is 11.8 Å². The third-order valence-corrected chi connectivity index (χ3v) is 5.03. The molecule has 3 aromatic rings. The van der Waals surface area contributed by atoms with Crippen molar-refractivity contribution in [2.24, 2.45) is 0 Å². The lowest BCUT2D eigenvalue weighted by atomic mass is 9.95. The summed E-state index contributed by atoms with van der Waals surface area (Å²) in [6.07, 6.45) is -3.45. The van der Waals surface area contributed by atoms with E-state index in [0.29, 0.717) is 11.1 Å². The molecule has 0 amide bonds. The van der Waals surface area contributed by atoms with Crippen molar-refractivity contribution in [3.63, 3.8) is 0 Å². The van der Waals surface area contributed by atoms with Gasteiger partial charge in [-0.25, -0.2) is 14.8 Å². The fourth-order valence-electron chi connectivity index (χ4n) is 2.84. The Morgan fingerprint density at radius 2 is 1.96 bits per heavy atom. The van der Waals surface area contributed by atoms with Crippen LogP contribution in [0.5, 0.6) is 0 Å². The summed E-state index contributed by atoms with van der Waals surface area (Å²) in [4.78, 5) is 19.3. The molecule has 1 aromatic carbocycles. The number of fused-ring (bicyclic) bond motifs is 1. The number of aromatic nitrogens is 2. The second kappa shape index (κ2) is 7.34. The monoisotopic (exact) mass is 394 g/mol. The first kappa shape index (κ1) is 19.4. The Kier molecular flexibility index (Phi) is 5.28. The summed E-state index contributed by atoms with van der Waals surface area (Å²) in [7, 11) is 0. The third-order valence-electron chi connectivity index (χ3n) is 4.12. The van der Waals surface area contributed by atoms with Gasteiger partial charge in [0.15, 0.2) is 5.16 Å². The van der Waals surface area contributed by atoms with Crippen LogP contribution in [0.1, 0.15) is 42.1 Å². The summed E-state index contributed by atoms with van der Waals surface area (Å²) in [5.41, 5.74) is 1.79. The lowest BCUT2D eigenvalue weighted by Crippen LogP contribution is -2.08. The number of aryl methyl sites for hydroxylation is 1. The molecular formula is C19H17F3N2O2S. The molecule has 0 saturated heterocycles. The van der Waals surface area contributed by atoms with Crippen LogP contribution in [0, 0.1) is 6.92 Å². The first-order valence-corrected chi connectivity index (χ1v) is 9.24. The van der Waals surface area contributed by atoms with E-state index in [0.717, 1.165) is 40.5 Å². The minimum absolute atomic E-state index is 0.00223. The van der Waals surface area contributed by atoms with Crippen LogP contribution in [0.25, 0.3) is 11.0 Å². The first-order valence-electron chi connectivity index (χ1n) is 8.25. The van der Waals surface area contributed by atoms with Gasteiger partial charge in [0.2, 0.25) is 0 Å². The summed E-state index contributed by atoms with van der Waals surface area (Å²) < 4.78 is 43.7. The minimum Gasteiger partial charge on any atom is -0.423 e. The molecule has 4 nitrogen and oxygen atoms in total. The van der Waals surface area contributed by atoms with Crippen LogP contribution in [0.15, 0.2) is 44.8 Å². The SMILES string of the molecule is Cc1cc2oc(=O)cc(CSc3nccc(C(F)(F)F)n3)c2cc1C(C)C. The predicted octanol–water partition coefficient (Wildman–Crippen LogP) is 5.33. The molecule has 27 heavy (non-hydrogen) atoms. The number of halogens is 3. The maximum atomic E-state index is 12.8. The van der Waals surface area contributed by atoms with Gasteiger partial charge in [0.1, 0.15) is 11.3 Å². The van der Waals surface area contributed by atoms with E-state index in [1.165, 1.54) is 6.07 Å². The largest absolute Gasteiger partial charge is 0.433 e. The smallest absolute Gasteiger partial charge is 0.423 e. The molecule has 0 aliphatic heterocycles. The predicted molar refractivity (Wildman–Crippen MR) is 97.9 cm³/mol. The Balaban J connectivity index is 1.97. The van der Waals surface area contributed by atoms with Crippen molar-refractivity contribution in [1.82, 2.24) is 9.97 Å². The maximum absolute atomic E-state index is 12.8. The number of nitrogens with zero attached hydrogens (tertiary/aromatic N) is 2. The van der Waals surface area contributed by atoms with E-state index in [1.54, 1.807) is 0 Å². The molecule has 8 heteroatoms. The van der Waals surface area contributed by atoms with Crippen LogP contribution < -0.4 is 5.63 Å². The van der Waals surface area contributed by atoms with Gasteiger partial charge in [-0.3, -0.25) is 0 Å². The third kappa shape index (κ3) is 4.32. The summed E-state index contributed by atoms with van der Waals surface area (Å²) in [5.74, 6) is 0.540. The van der Waals surface area contributed by atoms with E-state index in [1.807, 2.05) is 19.1 Å². The molecule has 2 aromatic heterocycles. The van der Waals surface area contributed by atoms with Crippen LogP contribution >= 0.6 is 11.8 Å². The van der Waals surface area contributed by atoms with Gasteiger partial charge < -0.3 is 4.42 Å². The number of hydrogen-bond donors (Lipinski definition) is 0. The van der Waals surface area contributed by atoms with E-state index in [4.69, 9.17) is 4.42 Å². The molecule has 0 N–H and O–H groups in total. The van der Waals surface area contributed by atoms with Crippen molar-refractivity contribution in [1.29, 1.82) is 0 Å². The molecule has 142 valence electrons. The normalized spacial score (nSPS) is 12.1. The van der Waals surface area contributed by atoms with Crippen molar-refractivity contribution in [3.8, 4) is 0 Å². The second-order valence-electron chi connectivity index (χ2n) is 6.46. The van der Waals surface area contributed by atoms with E-state index in [9.17, 15) is 18.0 Å². The highest BCUT2D eigenvalue weighted by atomic mass is 32.2. The molecule has 0 fully saturated rings. The van der Waals surface area contributed by atoms with Crippen LogP contribution in [0.4, 0.5) is 13.2 Å². The highest BCUT2D eigenvalue weighted by Gasteiger charge is 2.32. The number of benzene rings is 1. The number of rotatable bonds is 4. The van der Waals surface area contributed by atoms with Crippen LogP contribution in [-0.2, 0) is 11.9 Å². The van der Waals surface area contributed by atoms with Gasteiger partial charge in [-0.2, -0.15) is 13.2 Å². The molecule has 0 radical (unpaired) electrons. The quantitative estimate of drug-likeness (QED) is 0.340. The zero-order valence-corrected chi connectivity index (χ0v) is 15.7.